The number of carbonyl (C=O) groups is 1. The Hall–Kier alpha value is -1.06. The van der Waals surface area contributed by atoms with Gasteiger partial charge < -0.3 is 4.90 Å². The van der Waals surface area contributed by atoms with Crippen LogP contribution in [-0.2, 0) is 11.3 Å². The molecule has 1 aromatic rings. The molecule has 1 atom stereocenters. The predicted octanol–water partition coefficient (Wildman–Crippen LogP) is 1.96. The molecule has 1 heterocycles. The molecule has 3 nitrogen and oxygen atoms in total. The lowest BCUT2D eigenvalue weighted by Gasteiger charge is -2.24. The van der Waals surface area contributed by atoms with Crippen molar-refractivity contribution in [1.29, 1.82) is 0 Å². The molecule has 1 amide bonds. The summed E-state index contributed by atoms with van der Waals surface area (Å²) in [5, 5.41) is 0. The third-order valence-corrected chi connectivity index (χ3v) is 3.78. The van der Waals surface area contributed by atoms with Crippen LogP contribution >= 0.6 is 11.6 Å². The van der Waals surface area contributed by atoms with Gasteiger partial charge in [-0.25, -0.2) is 0 Å². The smallest absolute Gasteiger partial charge is 0.237 e. The monoisotopic (exact) mass is 266 g/mol. The van der Waals surface area contributed by atoms with Crippen LogP contribution in [0.3, 0.4) is 0 Å². The van der Waals surface area contributed by atoms with Crippen LogP contribution in [0.25, 0.3) is 0 Å². The maximum Gasteiger partial charge on any atom is 0.237 e. The van der Waals surface area contributed by atoms with Gasteiger partial charge in [0.05, 0.1) is 0 Å². The fraction of sp³-hybridized carbons (Fsp3) is 0.500. The van der Waals surface area contributed by atoms with E-state index >= 15 is 0 Å². The van der Waals surface area contributed by atoms with Gasteiger partial charge in [-0.2, -0.15) is 0 Å². The molecular weight excluding hydrogens is 248 g/mol. The molecule has 1 aliphatic heterocycles. The Balaban J connectivity index is 1.87. The van der Waals surface area contributed by atoms with Crippen molar-refractivity contribution in [2.45, 2.75) is 19.0 Å². The van der Waals surface area contributed by atoms with E-state index in [1.165, 1.54) is 5.56 Å². The summed E-state index contributed by atoms with van der Waals surface area (Å²) in [6, 6.07) is 10.7. The quantitative estimate of drug-likeness (QED) is 0.778. The van der Waals surface area contributed by atoms with E-state index in [-0.39, 0.29) is 11.8 Å². The van der Waals surface area contributed by atoms with E-state index in [0.29, 0.717) is 6.04 Å². The maximum absolute atomic E-state index is 11.5. The second-order valence-corrected chi connectivity index (χ2v) is 5.07. The summed E-state index contributed by atoms with van der Waals surface area (Å²) in [4.78, 5) is 15.7. The van der Waals surface area contributed by atoms with E-state index in [2.05, 4.69) is 29.2 Å². The highest BCUT2D eigenvalue weighted by molar-refractivity contribution is 6.27. The van der Waals surface area contributed by atoms with E-state index in [0.717, 1.165) is 26.1 Å². The average Bonchev–Trinajstić information content (AvgIpc) is 2.86. The van der Waals surface area contributed by atoms with Gasteiger partial charge in [0.2, 0.25) is 5.91 Å². The third-order valence-electron chi connectivity index (χ3n) is 3.55. The molecule has 2 rings (SSSR count). The van der Waals surface area contributed by atoms with Crippen LogP contribution in [0.2, 0.25) is 0 Å². The standard InChI is InChI=1S/C14H19ClN2O/c1-16(14(18)9-15)13-7-8-17(11-13)10-12-5-3-2-4-6-12/h2-6,13H,7-11H2,1H3. The first kappa shape index (κ1) is 13.4. The number of likely N-dealkylation sites (N-methyl/N-ethyl adjacent to an activating group) is 1. The molecule has 98 valence electrons. The van der Waals surface area contributed by atoms with Gasteiger partial charge >= 0.3 is 0 Å². The molecule has 1 unspecified atom stereocenters. The van der Waals surface area contributed by atoms with Crippen molar-refractivity contribution in [3.8, 4) is 0 Å². The van der Waals surface area contributed by atoms with Crippen molar-refractivity contribution in [2.75, 3.05) is 26.0 Å². The SMILES string of the molecule is CN(C(=O)CCl)C1CCN(Cc2ccccc2)C1. The summed E-state index contributed by atoms with van der Waals surface area (Å²) in [5.74, 6) is 0.0920. The van der Waals surface area contributed by atoms with Crippen LogP contribution in [0.4, 0.5) is 0 Å². The van der Waals surface area contributed by atoms with Crippen molar-refractivity contribution in [3.63, 3.8) is 0 Å². The van der Waals surface area contributed by atoms with Gasteiger partial charge in [-0.1, -0.05) is 30.3 Å². The number of carbonyl (C=O) groups excluding carboxylic acids is 1. The molecule has 0 spiro atoms. The molecular formula is C14H19ClN2O. The second kappa shape index (κ2) is 6.21. The number of hydrogen-bond donors (Lipinski definition) is 0. The van der Waals surface area contributed by atoms with Crippen molar-refractivity contribution in [2.24, 2.45) is 0 Å². The normalized spacial score (nSPS) is 20.0. The molecule has 1 saturated heterocycles. The first-order valence-corrected chi connectivity index (χ1v) is 6.82. The molecule has 0 N–H and O–H groups in total. The van der Waals surface area contributed by atoms with Gasteiger partial charge in [-0.3, -0.25) is 9.69 Å². The molecule has 0 saturated carbocycles. The average molecular weight is 267 g/mol. The zero-order chi connectivity index (χ0) is 13.0. The summed E-state index contributed by atoms with van der Waals surface area (Å²) < 4.78 is 0. The lowest BCUT2D eigenvalue weighted by atomic mass is 10.2. The topological polar surface area (TPSA) is 23.6 Å². The number of benzene rings is 1. The van der Waals surface area contributed by atoms with Crippen molar-refractivity contribution < 1.29 is 4.79 Å². The van der Waals surface area contributed by atoms with Gasteiger partial charge in [0.15, 0.2) is 0 Å². The lowest BCUT2D eigenvalue weighted by Crippen LogP contribution is -2.39. The molecule has 18 heavy (non-hydrogen) atoms. The van der Waals surface area contributed by atoms with Crippen LogP contribution in [-0.4, -0.2) is 47.8 Å². The number of rotatable bonds is 4. The number of likely N-dealkylation sites (tertiary alicyclic amines) is 1. The second-order valence-electron chi connectivity index (χ2n) is 4.80. The first-order chi connectivity index (χ1) is 8.70. The van der Waals surface area contributed by atoms with Gasteiger partial charge in [-0.05, 0) is 12.0 Å². The minimum absolute atomic E-state index is 0.0169. The maximum atomic E-state index is 11.5. The Kier molecular flexibility index (Phi) is 4.61. The fourth-order valence-electron chi connectivity index (χ4n) is 2.41. The number of nitrogens with zero attached hydrogens (tertiary/aromatic N) is 2. The number of halogens is 1. The zero-order valence-corrected chi connectivity index (χ0v) is 11.4. The number of hydrogen-bond acceptors (Lipinski definition) is 2. The highest BCUT2D eigenvalue weighted by Crippen LogP contribution is 2.17. The van der Waals surface area contributed by atoms with Gasteiger partial charge in [-0.15, -0.1) is 11.6 Å². The highest BCUT2D eigenvalue weighted by Gasteiger charge is 2.27. The lowest BCUT2D eigenvalue weighted by molar-refractivity contribution is -0.129. The molecule has 0 aromatic heterocycles. The first-order valence-electron chi connectivity index (χ1n) is 6.28. The molecule has 1 aliphatic rings. The Morgan fingerprint density at radius 1 is 1.44 bits per heavy atom. The van der Waals surface area contributed by atoms with E-state index in [4.69, 9.17) is 11.6 Å². The van der Waals surface area contributed by atoms with Crippen LogP contribution in [0.1, 0.15) is 12.0 Å². The van der Waals surface area contributed by atoms with Gasteiger partial charge in [0.25, 0.3) is 0 Å². The van der Waals surface area contributed by atoms with E-state index < -0.39 is 0 Å². The van der Waals surface area contributed by atoms with Crippen LogP contribution in [0.15, 0.2) is 30.3 Å². The van der Waals surface area contributed by atoms with Crippen LogP contribution < -0.4 is 0 Å². The fourth-order valence-corrected chi connectivity index (χ4v) is 2.60. The number of alkyl halides is 1. The summed E-state index contributed by atoms with van der Waals surface area (Å²) >= 11 is 5.59. The molecule has 1 aromatic carbocycles. The summed E-state index contributed by atoms with van der Waals surface area (Å²) in [6.45, 7) is 2.94. The summed E-state index contributed by atoms with van der Waals surface area (Å²) in [5.41, 5.74) is 1.32. The van der Waals surface area contributed by atoms with E-state index in [1.54, 1.807) is 4.90 Å². The Morgan fingerprint density at radius 3 is 2.83 bits per heavy atom. The molecule has 0 radical (unpaired) electrons. The van der Waals surface area contributed by atoms with Crippen molar-refractivity contribution >= 4 is 17.5 Å². The van der Waals surface area contributed by atoms with E-state index in [9.17, 15) is 4.79 Å². The van der Waals surface area contributed by atoms with Crippen molar-refractivity contribution in [3.05, 3.63) is 35.9 Å². The van der Waals surface area contributed by atoms with Crippen LogP contribution in [0.5, 0.6) is 0 Å². The minimum atomic E-state index is 0.0169. The van der Waals surface area contributed by atoms with Gasteiger partial charge in [0.1, 0.15) is 5.88 Å². The minimum Gasteiger partial charge on any atom is -0.340 e. The third kappa shape index (κ3) is 3.24. The van der Waals surface area contributed by atoms with Gasteiger partial charge in [0, 0.05) is 32.7 Å². The van der Waals surface area contributed by atoms with Crippen molar-refractivity contribution in [1.82, 2.24) is 9.80 Å². The zero-order valence-electron chi connectivity index (χ0n) is 10.7. The summed E-state index contributed by atoms with van der Waals surface area (Å²) in [6.07, 6.45) is 1.03. The molecule has 1 fully saturated rings. The molecule has 0 aliphatic carbocycles. The number of amides is 1. The Bertz CT molecular complexity index is 396. The molecule has 4 heteroatoms. The Morgan fingerprint density at radius 2 is 2.17 bits per heavy atom. The molecule has 0 bridgehead atoms. The Labute approximate surface area is 113 Å². The largest absolute Gasteiger partial charge is 0.340 e. The summed E-state index contributed by atoms with van der Waals surface area (Å²) in [7, 11) is 1.85. The predicted molar refractivity (Wildman–Crippen MR) is 73.6 cm³/mol. The highest BCUT2D eigenvalue weighted by atomic mass is 35.5. The van der Waals surface area contributed by atoms with E-state index in [1.807, 2.05) is 13.1 Å². The van der Waals surface area contributed by atoms with Crippen LogP contribution in [0, 0.1) is 0 Å².